The van der Waals surface area contributed by atoms with Gasteiger partial charge in [0.05, 0.1) is 11.2 Å². The van der Waals surface area contributed by atoms with Crippen LogP contribution < -0.4 is 10.5 Å². The maximum atomic E-state index is 10.1. The van der Waals surface area contributed by atoms with Gasteiger partial charge in [0.25, 0.3) is 0 Å². The molecule has 28 heavy (non-hydrogen) atoms. The zero-order chi connectivity index (χ0) is 19.8. The van der Waals surface area contributed by atoms with E-state index in [1.54, 1.807) is 25.3 Å². The highest BCUT2D eigenvalue weighted by atomic mass is 16.5. The highest BCUT2D eigenvalue weighted by Crippen LogP contribution is 2.38. The van der Waals surface area contributed by atoms with Crippen LogP contribution in [0.2, 0.25) is 0 Å². The van der Waals surface area contributed by atoms with Crippen molar-refractivity contribution in [3.8, 4) is 28.6 Å². The number of hydrogen-bond donors (Lipinski definition) is 2. The average molecular weight is 373 g/mol. The molecule has 0 aliphatic carbocycles. The molecule has 0 spiro atoms. The van der Waals surface area contributed by atoms with Crippen molar-refractivity contribution >= 4 is 16.7 Å². The Balaban J connectivity index is 1.94. The van der Waals surface area contributed by atoms with E-state index in [1.165, 1.54) is 6.33 Å². The molecule has 4 rings (SSSR count). The molecular formula is C21H19N5O2. The molecule has 140 valence electrons. The van der Waals surface area contributed by atoms with Crippen molar-refractivity contribution in [2.45, 2.75) is 20.8 Å². The van der Waals surface area contributed by atoms with Crippen LogP contribution in [0.15, 0.2) is 42.9 Å². The molecule has 0 aliphatic heterocycles. The van der Waals surface area contributed by atoms with Crippen LogP contribution in [0.3, 0.4) is 0 Å². The van der Waals surface area contributed by atoms with Crippen molar-refractivity contribution in [3.05, 3.63) is 59.7 Å². The number of benzene rings is 1. The number of aromatic hydroxyl groups is 1. The highest BCUT2D eigenvalue weighted by Gasteiger charge is 2.17. The maximum Gasteiger partial charge on any atom is 0.233 e. The van der Waals surface area contributed by atoms with Gasteiger partial charge in [0.15, 0.2) is 0 Å². The van der Waals surface area contributed by atoms with Crippen molar-refractivity contribution in [2.24, 2.45) is 0 Å². The minimum Gasteiger partial charge on any atom is -0.508 e. The average Bonchev–Trinajstić information content (AvgIpc) is 2.68. The van der Waals surface area contributed by atoms with E-state index in [2.05, 4.69) is 19.9 Å². The summed E-state index contributed by atoms with van der Waals surface area (Å²) < 4.78 is 6.15. The second kappa shape index (κ2) is 6.77. The number of nitrogen functional groups attached to an aromatic ring is 1. The van der Waals surface area contributed by atoms with E-state index < -0.39 is 0 Å². The first-order valence-electron chi connectivity index (χ1n) is 8.75. The third-order valence-corrected chi connectivity index (χ3v) is 4.60. The van der Waals surface area contributed by atoms with Gasteiger partial charge in [0.1, 0.15) is 29.0 Å². The minimum absolute atomic E-state index is 0.146. The third kappa shape index (κ3) is 3.07. The Morgan fingerprint density at radius 1 is 1.00 bits per heavy atom. The Kier molecular flexibility index (Phi) is 4.27. The molecule has 0 fully saturated rings. The number of fused-ring (bicyclic) bond motifs is 1. The van der Waals surface area contributed by atoms with Gasteiger partial charge in [-0.3, -0.25) is 4.98 Å². The van der Waals surface area contributed by atoms with E-state index in [9.17, 15) is 5.11 Å². The fraction of sp³-hybridized carbons (Fsp3) is 0.143. The Morgan fingerprint density at radius 3 is 2.57 bits per heavy atom. The highest BCUT2D eigenvalue weighted by molar-refractivity contribution is 5.94. The molecule has 3 aromatic heterocycles. The molecule has 0 bridgehead atoms. The van der Waals surface area contributed by atoms with E-state index in [1.807, 2.05) is 32.0 Å². The van der Waals surface area contributed by atoms with Crippen molar-refractivity contribution < 1.29 is 9.84 Å². The molecule has 4 aromatic rings. The number of nitrogens with zero attached hydrogens (tertiary/aromatic N) is 4. The number of ether oxygens (including phenoxy) is 1. The van der Waals surface area contributed by atoms with Gasteiger partial charge < -0.3 is 15.6 Å². The van der Waals surface area contributed by atoms with Crippen molar-refractivity contribution in [2.75, 3.05) is 5.73 Å². The number of pyridine rings is 2. The van der Waals surface area contributed by atoms with Gasteiger partial charge in [-0.1, -0.05) is 6.07 Å². The number of anilines is 1. The molecule has 3 heterocycles. The molecule has 7 heteroatoms. The van der Waals surface area contributed by atoms with Crippen LogP contribution in [0.5, 0.6) is 17.4 Å². The molecule has 0 saturated heterocycles. The topological polar surface area (TPSA) is 107 Å². The minimum atomic E-state index is 0.146. The fourth-order valence-corrected chi connectivity index (χ4v) is 2.98. The van der Waals surface area contributed by atoms with Crippen molar-refractivity contribution in [1.82, 2.24) is 19.9 Å². The van der Waals surface area contributed by atoms with Crippen LogP contribution in [0.4, 0.5) is 5.82 Å². The summed E-state index contributed by atoms with van der Waals surface area (Å²) in [4.78, 5) is 17.4. The quantitative estimate of drug-likeness (QED) is 0.557. The summed E-state index contributed by atoms with van der Waals surface area (Å²) in [7, 11) is 0. The summed E-state index contributed by atoms with van der Waals surface area (Å²) >= 11 is 0. The van der Waals surface area contributed by atoms with E-state index in [-0.39, 0.29) is 17.4 Å². The first kappa shape index (κ1) is 17.7. The van der Waals surface area contributed by atoms with Gasteiger partial charge in [-0.15, -0.1) is 0 Å². The lowest BCUT2D eigenvalue weighted by molar-refractivity contribution is 0.440. The number of nitrogens with two attached hydrogens (primary N) is 1. The van der Waals surface area contributed by atoms with E-state index >= 15 is 0 Å². The van der Waals surface area contributed by atoms with Gasteiger partial charge in [0.2, 0.25) is 5.88 Å². The predicted octanol–water partition coefficient (Wildman–Crippen LogP) is 4.09. The molecular weight excluding hydrogens is 354 g/mol. The molecule has 0 unspecified atom stereocenters. The van der Waals surface area contributed by atoms with E-state index in [0.717, 1.165) is 16.8 Å². The zero-order valence-electron chi connectivity index (χ0n) is 15.8. The second-order valence-corrected chi connectivity index (χ2v) is 6.61. The lowest BCUT2D eigenvalue weighted by Gasteiger charge is -2.15. The van der Waals surface area contributed by atoms with Crippen molar-refractivity contribution in [1.29, 1.82) is 0 Å². The Bertz CT molecular complexity index is 1190. The van der Waals surface area contributed by atoms with Crippen LogP contribution in [0.1, 0.15) is 16.8 Å². The lowest BCUT2D eigenvalue weighted by atomic mass is 10.1. The van der Waals surface area contributed by atoms with Gasteiger partial charge in [-0.05, 0) is 50.6 Å². The number of aromatic nitrogens is 4. The van der Waals surface area contributed by atoms with E-state index in [4.69, 9.17) is 10.5 Å². The van der Waals surface area contributed by atoms with Crippen molar-refractivity contribution in [3.63, 3.8) is 0 Å². The number of hydrogen-bond acceptors (Lipinski definition) is 7. The first-order chi connectivity index (χ1) is 13.4. The molecule has 0 amide bonds. The standard InChI is InChI=1S/C21H19N5O2/c1-11-4-7-17(27)13(3)19(11)28-21-18-16(24-10-25-20(18)22)8-15(26-21)14-6-5-12(2)23-9-14/h4-10,27H,1-3H3,(H2,22,24,25). The lowest BCUT2D eigenvalue weighted by Crippen LogP contribution is -2.01. The second-order valence-electron chi connectivity index (χ2n) is 6.61. The third-order valence-electron chi connectivity index (χ3n) is 4.60. The van der Waals surface area contributed by atoms with Gasteiger partial charge >= 0.3 is 0 Å². The molecule has 0 atom stereocenters. The van der Waals surface area contributed by atoms with Gasteiger partial charge in [-0.2, -0.15) is 0 Å². The number of phenolic OH excluding ortho intramolecular Hbond substituents is 1. The van der Waals surface area contributed by atoms with Crippen LogP contribution in [-0.4, -0.2) is 25.0 Å². The summed E-state index contributed by atoms with van der Waals surface area (Å²) in [5.41, 5.74) is 10.6. The molecule has 1 aromatic carbocycles. The monoisotopic (exact) mass is 373 g/mol. The summed E-state index contributed by atoms with van der Waals surface area (Å²) in [6.45, 7) is 5.61. The van der Waals surface area contributed by atoms with Crippen LogP contribution >= 0.6 is 0 Å². The number of rotatable bonds is 3. The van der Waals surface area contributed by atoms with Crippen LogP contribution in [0, 0.1) is 20.8 Å². The fourth-order valence-electron chi connectivity index (χ4n) is 2.98. The number of phenols is 1. The first-order valence-corrected chi connectivity index (χ1v) is 8.75. The molecule has 0 aliphatic rings. The Hall–Kier alpha value is -3.74. The summed E-state index contributed by atoms with van der Waals surface area (Å²) in [6.07, 6.45) is 3.16. The Labute approximate surface area is 161 Å². The molecule has 0 radical (unpaired) electrons. The summed E-state index contributed by atoms with van der Waals surface area (Å²) in [5, 5.41) is 10.6. The molecule has 0 saturated carbocycles. The molecule has 3 N–H and O–H groups in total. The number of aryl methyl sites for hydroxylation is 2. The molecule has 7 nitrogen and oxygen atoms in total. The van der Waals surface area contributed by atoms with E-state index in [0.29, 0.717) is 27.9 Å². The summed E-state index contributed by atoms with van der Waals surface area (Å²) in [6, 6.07) is 9.10. The maximum absolute atomic E-state index is 10.1. The smallest absolute Gasteiger partial charge is 0.233 e. The Morgan fingerprint density at radius 2 is 1.82 bits per heavy atom. The van der Waals surface area contributed by atoms with Gasteiger partial charge in [0, 0.05) is 23.0 Å². The van der Waals surface area contributed by atoms with Crippen LogP contribution in [0.25, 0.3) is 22.2 Å². The zero-order valence-corrected chi connectivity index (χ0v) is 15.8. The SMILES string of the molecule is Cc1ccc(-c2cc3ncnc(N)c3c(Oc3c(C)ccc(O)c3C)n2)cn1. The summed E-state index contributed by atoms with van der Waals surface area (Å²) in [5.74, 6) is 1.23. The normalized spacial score (nSPS) is 11.0. The predicted molar refractivity (Wildman–Crippen MR) is 107 cm³/mol. The largest absolute Gasteiger partial charge is 0.508 e. The van der Waals surface area contributed by atoms with Gasteiger partial charge in [-0.25, -0.2) is 15.0 Å². The van der Waals surface area contributed by atoms with Crippen LogP contribution in [-0.2, 0) is 0 Å².